The number of hydrogen-bond acceptors (Lipinski definition) is 4. The van der Waals surface area contributed by atoms with Gasteiger partial charge in [-0.05, 0) is 19.8 Å². The topological polar surface area (TPSA) is 45.1 Å². The van der Waals surface area contributed by atoms with Crippen LogP contribution in [-0.4, -0.2) is 22.7 Å². The number of rotatable bonds is 5. The summed E-state index contributed by atoms with van der Waals surface area (Å²) in [7, 11) is 0. The zero-order chi connectivity index (χ0) is 9.97. The molecule has 0 spiro atoms. The van der Waals surface area contributed by atoms with Crippen molar-refractivity contribution in [1.29, 1.82) is 0 Å². The molecule has 3 nitrogen and oxygen atoms in total. The van der Waals surface area contributed by atoms with Gasteiger partial charge in [-0.3, -0.25) is 0 Å². The summed E-state index contributed by atoms with van der Waals surface area (Å²) in [5, 5.41) is 15.6. The lowest BCUT2D eigenvalue weighted by molar-refractivity contribution is 0.191. The molecule has 1 aliphatic rings. The van der Waals surface area contributed by atoms with Crippen molar-refractivity contribution in [2.45, 2.75) is 38.3 Å². The zero-order valence-electron chi connectivity index (χ0n) is 8.36. The molecule has 0 aliphatic heterocycles. The van der Waals surface area contributed by atoms with Crippen molar-refractivity contribution in [1.82, 2.24) is 10.3 Å². The van der Waals surface area contributed by atoms with Gasteiger partial charge in [-0.15, -0.1) is 11.3 Å². The van der Waals surface area contributed by atoms with E-state index in [1.807, 2.05) is 0 Å². The Morgan fingerprint density at radius 3 is 3.14 bits per heavy atom. The average Bonchev–Trinajstić information content (AvgIpc) is 2.87. The van der Waals surface area contributed by atoms with Crippen molar-refractivity contribution in [2.24, 2.45) is 0 Å². The highest BCUT2D eigenvalue weighted by Gasteiger charge is 2.26. The molecular weight excluding hydrogens is 196 g/mol. The van der Waals surface area contributed by atoms with E-state index < -0.39 is 0 Å². The molecule has 1 unspecified atom stereocenters. The Hall–Kier alpha value is -0.450. The van der Waals surface area contributed by atoms with E-state index in [1.54, 1.807) is 18.3 Å². The Labute approximate surface area is 88.2 Å². The summed E-state index contributed by atoms with van der Waals surface area (Å²) in [6.07, 6.45) is 2.35. The maximum absolute atomic E-state index is 9.05. The van der Waals surface area contributed by atoms with Crippen LogP contribution in [0.5, 0.6) is 0 Å². The number of aliphatic hydroxyl groups excluding tert-OH is 1. The molecule has 0 bridgehead atoms. The first-order chi connectivity index (χ1) is 6.75. The minimum atomic E-state index is -0.281. The molecule has 2 rings (SSSR count). The molecule has 78 valence electrons. The second-order valence-electron chi connectivity index (χ2n) is 3.93. The number of aliphatic hydroxyl groups is 1. The first-order valence-corrected chi connectivity index (χ1v) is 5.96. The van der Waals surface area contributed by atoms with Crippen molar-refractivity contribution in [3.63, 3.8) is 0 Å². The SMILES string of the molecule is CC(O)CNCc1csc(C2CC2)n1. The first-order valence-electron chi connectivity index (χ1n) is 5.09. The van der Waals surface area contributed by atoms with Gasteiger partial charge in [0.1, 0.15) is 0 Å². The van der Waals surface area contributed by atoms with Crippen LogP contribution in [0.3, 0.4) is 0 Å². The van der Waals surface area contributed by atoms with Crippen LogP contribution >= 0.6 is 11.3 Å². The Morgan fingerprint density at radius 2 is 2.50 bits per heavy atom. The molecule has 2 N–H and O–H groups in total. The van der Waals surface area contributed by atoms with E-state index in [0.29, 0.717) is 6.54 Å². The third-order valence-electron chi connectivity index (χ3n) is 2.24. The molecule has 1 aromatic heterocycles. The Morgan fingerprint density at radius 1 is 1.71 bits per heavy atom. The van der Waals surface area contributed by atoms with Crippen LogP contribution in [0.25, 0.3) is 0 Å². The first kappa shape index (κ1) is 10.1. The fraction of sp³-hybridized carbons (Fsp3) is 0.700. The van der Waals surface area contributed by atoms with Gasteiger partial charge in [0.2, 0.25) is 0 Å². The molecule has 1 fully saturated rings. The molecular formula is C10H16N2OS. The molecule has 1 heterocycles. The summed E-state index contributed by atoms with van der Waals surface area (Å²) >= 11 is 1.77. The van der Waals surface area contributed by atoms with Gasteiger partial charge in [0.15, 0.2) is 0 Å². The number of thiazole rings is 1. The predicted octanol–water partition coefficient (Wildman–Crippen LogP) is 1.49. The lowest BCUT2D eigenvalue weighted by atomic mass is 10.4. The molecule has 1 aliphatic carbocycles. The summed E-state index contributed by atoms with van der Waals surface area (Å²) in [6.45, 7) is 3.19. The van der Waals surface area contributed by atoms with E-state index in [-0.39, 0.29) is 6.10 Å². The quantitative estimate of drug-likeness (QED) is 0.777. The van der Waals surface area contributed by atoms with Crippen LogP contribution in [0.4, 0.5) is 0 Å². The zero-order valence-corrected chi connectivity index (χ0v) is 9.18. The molecule has 4 heteroatoms. The summed E-state index contributed by atoms with van der Waals surface area (Å²) in [5.41, 5.74) is 1.11. The smallest absolute Gasteiger partial charge is 0.0959 e. The standard InChI is InChI=1S/C10H16N2OS/c1-7(13)4-11-5-9-6-14-10(12-9)8-2-3-8/h6-8,11,13H,2-5H2,1H3. The highest BCUT2D eigenvalue weighted by Crippen LogP contribution is 2.41. The van der Waals surface area contributed by atoms with Gasteiger partial charge in [0.25, 0.3) is 0 Å². The van der Waals surface area contributed by atoms with E-state index in [2.05, 4.69) is 15.7 Å². The normalized spacial score (nSPS) is 18.4. The minimum absolute atomic E-state index is 0.281. The maximum atomic E-state index is 9.05. The number of nitrogens with zero attached hydrogens (tertiary/aromatic N) is 1. The molecule has 0 aromatic carbocycles. The summed E-state index contributed by atoms with van der Waals surface area (Å²) in [4.78, 5) is 4.54. The molecule has 0 amide bonds. The van der Waals surface area contributed by atoms with Gasteiger partial charge in [0, 0.05) is 24.4 Å². The maximum Gasteiger partial charge on any atom is 0.0959 e. The van der Waals surface area contributed by atoms with Crippen molar-refractivity contribution >= 4 is 11.3 Å². The second kappa shape index (κ2) is 4.38. The van der Waals surface area contributed by atoms with E-state index in [1.165, 1.54) is 17.8 Å². The second-order valence-corrected chi connectivity index (χ2v) is 4.82. The van der Waals surface area contributed by atoms with Gasteiger partial charge < -0.3 is 10.4 Å². The van der Waals surface area contributed by atoms with Gasteiger partial charge in [-0.25, -0.2) is 4.98 Å². The molecule has 0 saturated heterocycles. The van der Waals surface area contributed by atoms with Crippen LogP contribution in [0.2, 0.25) is 0 Å². The van der Waals surface area contributed by atoms with Gasteiger partial charge in [0.05, 0.1) is 16.8 Å². The van der Waals surface area contributed by atoms with Crippen LogP contribution in [-0.2, 0) is 6.54 Å². The summed E-state index contributed by atoms with van der Waals surface area (Å²) < 4.78 is 0. The van der Waals surface area contributed by atoms with E-state index in [9.17, 15) is 0 Å². The van der Waals surface area contributed by atoms with Crippen molar-refractivity contribution < 1.29 is 5.11 Å². The van der Waals surface area contributed by atoms with Crippen molar-refractivity contribution in [3.8, 4) is 0 Å². The largest absolute Gasteiger partial charge is 0.392 e. The highest BCUT2D eigenvalue weighted by atomic mass is 32.1. The third kappa shape index (κ3) is 2.77. The fourth-order valence-electron chi connectivity index (χ4n) is 1.33. The number of aromatic nitrogens is 1. The monoisotopic (exact) mass is 212 g/mol. The number of nitrogens with one attached hydrogen (secondary N) is 1. The van der Waals surface area contributed by atoms with Gasteiger partial charge in [-0.2, -0.15) is 0 Å². The summed E-state index contributed by atoms with van der Waals surface area (Å²) in [6, 6.07) is 0. The van der Waals surface area contributed by atoms with Crippen molar-refractivity contribution in [3.05, 3.63) is 16.1 Å². The lowest BCUT2D eigenvalue weighted by Crippen LogP contribution is -2.23. The molecule has 1 atom stereocenters. The van der Waals surface area contributed by atoms with Crippen LogP contribution in [0.1, 0.15) is 36.4 Å². The van der Waals surface area contributed by atoms with E-state index in [0.717, 1.165) is 18.2 Å². The fourth-order valence-corrected chi connectivity index (χ4v) is 2.32. The van der Waals surface area contributed by atoms with E-state index in [4.69, 9.17) is 5.11 Å². The predicted molar refractivity (Wildman–Crippen MR) is 57.5 cm³/mol. The van der Waals surface area contributed by atoms with Crippen LogP contribution in [0, 0.1) is 0 Å². The summed E-state index contributed by atoms with van der Waals surface area (Å²) in [5.74, 6) is 0.755. The van der Waals surface area contributed by atoms with Gasteiger partial charge in [-0.1, -0.05) is 0 Å². The molecule has 1 aromatic rings. The van der Waals surface area contributed by atoms with Gasteiger partial charge >= 0.3 is 0 Å². The third-order valence-corrected chi connectivity index (χ3v) is 3.30. The minimum Gasteiger partial charge on any atom is -0.392 e. The molecule has 1 saturated carbocycles. The number of hydrogen-bond donors (Lipinski definition) is 2. The molecule has 0 radical (unpaired) electrons. The van der Waals surface area contributed by atoms with E-state index >= 15 is 0 Å². The van der Waals surface area contributed by atoms with Crippen LogP contribution < -0.4 is 5.32 Å². The molecule has 14 heavy (non-hydrogen) atoms. The Bertz CT molecular complexity index is 294. The van der Waals surface area contributed by atoms with Crippen LogP contribution in [0.15, 0.2) is 5.38 Å². The van der Waals surface area contributed by atoms with Crippen molar-refractivity contribution in [2.75, 3.05) is 6.54 Å². The average molecular weight is 212 g/mol. The Kier molecular flexibility index (Phi) is 3.15. The Balaban J connectivity index is 1.78. The lowest BCUT2D eigenvalue weighted by Gasteiger charge is -2.04. The highest BCUT2D eigenvalue weighted by molar-refractivity contribution is 7.09.